The second-order valence-corrected chi connectivity index (χ2v) is 4.47. The van der Waals surface area contributed by atoms with Gasteiger partial charge in [-0.2, -0.15) is 0 Å². The van der Waals surface area contributed by atoms with Gasteiger partial charge in [0, 0.05) is 25.3 Å². The van der Waals surface area contributed by atoms with E-state index < -0.39 is 0 Å². The molecule has 0 fully saturated rings. The lowest BCUT2D eigenvalue weighted by Gasteiger charge is -2.16. The molecule has 0 aliphatic carbocycles. The molecule has 0 unspecified atom stereocenters. The molecule has 82 valence electrons. The molecule has 1 amide bonds. The fourth-order valence-electron chi connectivity index (χ4n) is 1.44. The number of hydrogen-bond acceptors (Lipinski definition) is 1. The van der Waals surface area contributed by atoms with Crippen molar-refractivity contribution in [1.29, 1.82) is 0 Å². The Balaban J connectivity index is 2.58. The average Bonchev–Trinajstić information content (AvgIpc) is 2.18. The maximum atomic E-state index is 11.5. The lowest BCUT2D eigenvalue weighted by atomic mass is 10.1. The van der Waals surface area contributed by atoms with Crippen LogP contribution in [0.15, 0.2) is 24.3 Å². The van der Waals surface area contributed by atoms with Gasteiger partial charge in [-0.1, -0.05) is 45.8 Å². The zero-order chi connectivity index (χ0) is 11.3. The lowest BCUT2D eigenvalue weighted by molar-refractivity contribution is -0.129. The Hall–Kier alpha value is -0.830. The molecule has 0 aliphatic heterocycles. The maximum absolute atomic E-state index is 11.5. The molecule has 0 spiro atoms. The van der Waals surface area contributed by atoms with E-state index in [-0.39, 0.29) is 5.91 Å². The summed E-state index contributed by atoms with van der Waals surface area (Å²) in [6.07, 6.45) is 0.558. The van der Waals surface area contributed by atoms with Crippen LogP contribution in [0.2, 0.25) is 0 Å². The smallest absolute Gasteiger partial charge is 0.223 e. The van der Waals surface area contributed by atoms with Crippen molar-refractivity contribution in [2.75, 3.05) is 12.4 Å². The molecule has 0 saturated heterocycles. The van der Waals surface area contributed by atoms with Crippen LogP contribution in [0, 0.1) is 6.92 Å². The first-order valence-electron chi connectivity index (χ1n) is 4.99. The molecule has 1 rings (SSSR count). The van der Waals surface area contributed by atoms with Crippen molar-refractivity contribution >= 4 is 21.8 Å². The van der Waals surface area contributed by atoms with E-state index in [1.165, 1.54) is 11.1 Å². The first-order chi connectivity index (χ1) is 7.13. The van der Waals surface area contributed by atoms with Crippen molar-refractivity contribution < 1.29 is 4.79 Å². The second-order valence-electron chi connectivity index (χ2n) is 3.68. The Labute approximate surface area is 99.4 Å². The van der Waals surface area contributed by atoms with Crippen molar-refractivity contribution in [3.05, 3.63) is 35.4 Å². The highest BCUT2D eigenvalue weighted by molar-refractivity contribution is 9.09. The van der Waals surface area contributed by atoms with E-state index in [0.29, 0.717) is 13.0 Å². The van der Waals surface area contributed by atoms with Gasteiger partial charge in [0.25, 0.3) is 0 Å². The molecule has 0 aliphatic rings. The lowest BCUT2D eigenvalue weighted by Crippen LogP contribution is -2.26. The first-order valence-corrected chi connectivity index (χ1v) is 6.11. The van der Waals surface area contributed by atoms with E-state index in [9.17, 15) is 4.79 Å². The standard InChI is InChI=1S/C12H16BrNO/c1-10-4-3-5-11(8-10)9-14(2)12(15)6-7-13/h3-5,8H,6-7,9H2,1-2H3. The molecule has 0 radical (unpaired) electrons. The number of carbonyl (C=O) groups is 1. The second kappa shape index (κ2) is 5.91. The molecular formula is C12H16BrNO. The topological polar surface area (TPSA) is 20.3 Å². The minimum atomic E-state index is 0.174. The summed E-state index contributed by atoms with van der Waals surface area (Å²) in [6.45, 7) is 2.75. The number of benzene rings is 1. The van der Waals surface area contributed by atoms with E-state index in [1.807, 2.05) is 19.2 Å². The van der Waals surface area contributed by atoms with E-state index in [1.54, 1.807) is 4.90 Å². The molecule has 1 aromatic carbocycles. The van der Waals surface area contributed by atoms with Crippen LogP contribution < -0.4 is 0 Å². The van der Waals surface area contributed by atoms with Crippen LogP contribution >= 0.6 is 15.9 Å². The maximum Gasteiger partial charge on any atom is 0.223 e. The Bertz CT molecular complexity index is 338. The van der Waals surface area contributed by atoms with Crippen molar-refractivity contribution in [2.45, 2.75) is 19.9 Å². The molecule has 0 atom stereocenters. The Kier molecular flexibility index (Phi) is 4.82. The summed E-state index contributed by atoms with van der Waals surface area (Å²) in [6, 6.07) is 8.24. The third kappa shape index (κ3) is 4.04. The number of nitrogens with zero attached hydrogens (tertiary/aromatic N) is 1. The molecule has 1 aromatic rings. The fraction of sp³-hybridized carbons (Fsp3) is 0.417. The summed E-state index contributed by atoms with van der Waals surface area (Å²) in [5.41, 5.74) is 2.41. The summed E-state index contributed by atoms with van der Waals surface area (Å²) in [5.74, 6) is 0.174. The molecule has 3 heteroatoms. The molecule has 0 heterocycles. The third-order valence-electron chi connectivity index (χ3n) is 2.24. The predicted octanol–water partition coefficient (Wildman–Crippen LogP) is 2.74. The minimum Gasteiger partial charge on any atom is -0.341 e. The number of halogens is 1. The van der Waals surface area contributed by atoms with E-state index in [2.05, 4.69) is 35.0 Å². The molecule has 0 bridgehead atoms. The van der Waals surface area contributed by atoms with Gasteiger partial charge >= 0.3 is 0 Å². The van der Waals surface area contributed by atoms with Crippen LogP contribution in [0.4, 0.5) is 0 Å². The van der Waals surface area contributed by atoms with Crippen LogP contribution in [0.3, 0.4) is 0 Å². The van der Waals surface area contributed by atoms with Crippen molar-refractivity contribution in [1.82, 2.24) is 4.90 Å². The van der Waals surface area contributed by atoms with Crippen molar-refractivity contribution in [3.8, 4) is 0 Å². The SMILES string of the molecule is Cc1cccc(CN(C)C(=O)CCBr)c1. The molecule has 0 saturated carbocycles. The van der Waals surface area contributed by atoms with E-state index in [0.717, 1.165) is 5.33 Å². The largest absolute Gasteiger partial charge is 0.341 e. The summed E-state index contributed by atoms with van der Waals surface area (Å²) in [4.78, 5) is 13.3. The van der Waals surface area contributed by atoms with Gasteiger partial charge in [-0.25, -0.2) is 0 Å². The van der Waals surface area contributed by atoms with E-state index >= 15 is 0 Å². The van der Waals surface area contributed by atoms with Crippen molar-refractivity contribution in [3.63, 3.8) is 0 Å². The normalized spacial score (nSPS) is 10.1. The average molecular weight is 270 g/mol. The third-order valence-corrected chi connectivity index (χ3v) is 2.63. The van der Waals surface area contributed by atoms with Gasteiger partial charge in [0.1, 0.15) is 0 Å². The van der Waals surface area contributed by atoms with Crippen LogP contribution in [0.1, 0.15) is 17.5 Å². The molecule has 2 nitrogen and oxygen atoms in total. The monoisotopic (exact) mass is 269 g/mol. The van der Waals surface area contributed by atoms with Gasteiger partial charge in [0.05, 0.1) is 0 Å². The minimum absolute atomic E-state index is 0.174. The van der Waals surface area contributed by atoms with Gasteiger partial charge in [0.15, 0.2) is 0 Å². The Morgan fingerprint density at radius 1 is 1.47 bits per heavy atom. The molecule has 15 heavy (non-hydrogen) atoms. The van der Waals surface area contributed by atoms with Crippen LogP contribution in [0.5, 0.6) is 0 Å². The van der Waals surface area contributed by atoms with Gasteiger partial charge in [0.2, 0.25) is 5.91 Å². The van der Waals surface area contributed by atoms with Crippen LogP contribution in [-0.4, -0.2) is 23.2 Å². The highest BCUT2D eigenvalue weighted by atomic mass is 79.9. The summed E-state index contributed by atoms with van der Waals surface area (Å²) < 4.78 is 0. The molecule has 0 N–H and O–H groups in total. The van der Waals surface area contributed by atoms with Gasteiger partial charge in [-0.3, -0.25) is 4.79 Å². The number of alkyl halides is 1. The quantitative estimate of drug-likeness (QED) is 0.770. The summed E-state index contributed by atoms with van der Waals surface area (Å²) >= 11 is 3.27. The highest BCUT2D eigenvalue weighted by Gasteiger charge is 2.07. The Morgan fingerprint density at radius 2 is 2.20 bits per heavy atom. The molecule has 0 aromatic heterocycles. The fourth-order valence-corrected chi connectivity index (χ4v) is 1.78. The Morgan fingerprint density at radius 3 is 2.80 bits per heavy atom. The van der Waals surface area contributed by atoms with E-state index in [4.69, 9.17) is 0 Å². The zero-order valence-corrected chi connectivity index (χ0v) is 10.8. The summed E-state index contributed by atoms with van der Waals surface area (Å²) in [5, 5.41) is 0.726. The number of amides is 1. The summed E-state index contributed by atoms with van der Waals surface area (Å²) in [7, 11) is 1.84. The van der Waals surface area contributed by atoms with Crippen LogP contribution in [-0.2, 0) is 11.3 Å². The predicted molar refractivity (Wildman–Crippen MR) is 66.1 cm³/mol. The number of carbonyl (C=O) groups excluding carboxylic acids is 1. The number of aryl methyl sites for hydroxylation is 1. The van der Waals surface area contributed by atoms with Crippen molar-refractivity contribution in [2.24, 2.45) is 0 Å². The first kappa shape index (κ1) is 12.2. The highest BCUT2D eigenvalue weighted by Crippen LogP contribution is 2.07. The van der Waals surface area contributed by atoms with Gasteiger partial charge < -0.3 is 4.90 Å². The molecular weight excluding hydrogens is 254 g/mol. The number of hydrogen-bond donors (Lipinski definition) is 0. The van der Waals surface area contributed by atoms with Gasteiger partial charge in [-0.15, -0.1) is 0 Å². The zero-order valence-electron chi connectivity index (χ0n) is 9.16. The van der Waals surface area contributed by atoms with Gasteiger partial charge in [-0.05, 0) is 12.5 Å². The number of rotatable bonds is 4. The van der Waals surface area contributed by atoms with Crippen LogP contribution in [0.25, 0.3) is 0 Å².